The van der Waals surface area contributed by atoms with Crippen LogP contribution in [-0.2, 0) is 25.6 Å². The van der Waals surface area contributed by atoms with Crippen molar-refractivity contribution < 1.29 is 65.1 Å². The Morgan fingerprint density at radius 1 is 0.925 bits per heavy atom. The minimum Gasteiger partial charge on any atom is -0.475 e. The number of hydrogen-bond donors (Lipinski definition) is 2. The molecule has 1 atom stereocenters. The highest BCUT2D eigenvalue weighted by molar-refractivity contribution is 5.73. The third-order valence-corrected chi connectivity index (χ3v) is 6.61. The van der Waals surface area contributed by atoms with E-state index in [0.29, 0.717) is 12.7 Å². The van der Waals surface area contributed by atoms with Crippen LogP contribution in [0.2, 0.25) is 0 Å². The molecule has 0 aromatic heterocycles. The summed E-state index contributed by atoms with van der Waals surface area (Å²) in [4.78, 5) is 22.8. The van der Waals surface area contributed by atoms with Gasteiger partial charge in [0.25, 0.3) is 0 Å². The highest BCUT2D eigenvalue weighted by atomic mass is 19.4. The maximum atomic E-state index is 10.6. The molecule has 4 heterocycles. The van der Waals surface area contributed by atoms with Crippen LogP contribution in [0.3, 0.4) is 0 Å². The largest absolute Gasteiger partial charge is 0.490 e. The molecular formula is C24H30F6N2O8. The first-order valence-electron chi connectivity index (χ1n) is 12.3. The average molecular weight is 588 g/mol. The molecule has 0 bridgehead atoms. The summed E-state index contributed by atoms with van der Waals surface area (Å²) in [5.74, 6) is -3.10. The summed E-state index contributed by atoms with van der Waals surface area (Å²) < 4.78 is 86.1. The van der Waals surface area contributed by atoms with Gasteiger partial charge in [-0.25, -0.2) is 9.59 Å². The number of likely N-dealkylation sites (tertiary alicyclic amines) is 1. The van der Waals surface area contributed by atoms with Gasteiger partial charge in [0.2, 0.25) is 6.79 Å². The Morgan fingerprint density at radius 2 is 1.50 bits per heavy atom. The van der Waals surface area contributed by atoms with Gasteiger partial charge in [0, 0.05) is 39.3 Å². The van der Waals surface area contributed by atoms with E-state index in [1.165, 1.54) is 24.9 Å². The number of hydrogen-bond acceptors (Lipinski definition) is 8. The zero-order valence-electron chi connectivity index (χ0n) is 21.3. The summed E-state index contributed by atoms with van der Waals surface area (Å²) in [6.07, 6.45) is -7.69. The van der Waals surface area contributed by atoms with Gasteiger partial charge >= 0.3 is 24.3 Å². The highest BCUT2D eigenvalue weighted by Gasteiger charge is 2.46. The predicted molar refractivity (Wildman–Crippen MR) is 124 cm³/mol. The highest BCUT2D eigenvalue weighted by Crippen LogP contribution is 2.38. The smallest absolute Gasteiger partial charge is 0.475 e. The SMILES string of the molecule is O=C(O)C(F)(F)F.O=C(O)C(F)(F)F.c1cc2c(cc1CN1CC3(CCC(CN4CCOCC4)CO3)C1)OCO2. The molecule has 16 heteroatoms. The number of carboxylic acids is 2. The number of carbonyl (C=O) groups is 2. The van der Waals surface area contributed by atoms with Crippen molar-refractivity contribution in [3.05, 3.63) is 23.8 Å². The molecule has 40 heavy (non-hydrogen) atoms. The van der Waals surface area contributed by atoms with Crippen molar-refractivity contribution in [1.29, 1.82) is 0 Å². The Morgan fingerprint density at radius 3 is 2.02 bits per heavy atom. The monoisotopic (exact) mass is 588 g/mol. The van der Waals surface area contributed by atoms with Gasteiger partial charge in [-0.2, -0.15) is 26.3 Å². The van der Waals surface area contributed by atoms with Crippen molar-refractivity contribution in [2.75, 3.05) is 59.3 Å². The van der Waals surface area contributed by atoms with Crippen LogP contribution in [0.25, 0.3) is 0 Å². The molecule has 226 valence electrons. The van der Waals surface area contributed by atoms with E-state index in [4.69, 9.17) is 38.7 Å². The number of alkyl halides is 6. The second-order valence-corrected chi connectivity index (χ2v) is 9.75. The minimum atomic E-state index is -5.08. The van der Waals surface area contributed by atoms with Gasteiger partial charge in [-0.05, 0) is 36.5 Å². The van der Waals surface area contributed by atoms with E-state index in [0.717, 1.165) is 64.0 Å². The predicted octanol–water partition coefficient (Wildman–Crippen LogP) is 3.00. The number of benzene rings is 1. The molecule has 0 amide bonds. The van der Waals surface area contributed by atoms with E-state index in [1.807, 2.05) is 6.07 Å². The molecule has 3 saturated heterocycles. The zero-order chi connectivity index (χ0) is 29.6. The number of morpholine rings is 1. The lowest BCUT2D eigenvalue weighted by atomic mass is 9.82. The molecule has 0 saturated carbocycles. The molecule has 10 nitrogen and oxygen atoms in total. The van der Waals surface area contributed by atoms with E-state index in [-0.39, 0.29) is 5.60 Å². The topological polar surface area (TPSA) is 118 Å². The normalized spacial score (nSPS) is 22.3. The van der Waals surface area contributed by atoms with Crippen LogP contribution in [0.1, 0.15) is 18.4 Å². The molecule has 0 aliphatic carbocycles. The van der Waals surface area contributed by atoms with Crippen LogP contribution < -0.4 is 9.47 Å². The fraction of sp³-hybridized carbons (Fsp3) is 0.667. The number of nitrogens with zero attached hydrogens (tertiary/aromatic N) is 2. The molecule has 2 N–H and O–H groups in total. The first kappa shape index (κ1) is 31.7. The molecular weight excluding hydrogens is 558 g/mol. The minimum absolute atomic E-state index is 0.109. The molecule has 4 aliphatic heterocycles. The zero-order valence-corrected chi connectivity index (χ0v) is 21.3. The van der Waals surface area contributed by atoms with Crippen molar-refractivity contribution in [2.24, 2.45) is 5.92 Å². The van der Waals surface area contributed by atoms with Crippen LogP contribution in [0.15, 0.2) is 18.2 Å². The van der Waals surface area contributed by atoms with E-state index < -0.39 is 24.3 Å². The van der Waals surface area contributed by atoms with Crippen molar-refractivity contribution in [1.82, 2.24) is 9.80 Å². The fourth-order valence-electron chi connectivity index (χ4n) is 4.64. The maximum Gasteiger partial charge on any atom is 0.490 e. The van der Waals surface area contributed by atoms with E-state index in [1.54, 1.807) is 0 Å². The van der Waals surface area contributed by atoms with E-state index >= 15 is 0 Å². The van der Waals surface area contributed by atoms with Crippen molar-refractivity contribution in [2.45, 2.75) is 37.3 Å². The third-order valence-electron chi connectivity index (χ3n) is 6.61. The van der Waals surface area contributed by atoms with Crippen LogP contribution in [0.4, 0.5) is 26.3 Å². The Labute approximate surface area is 225 Å². The van der Waals surface area contributed by atoms with Crippen molar-refractivity contribution >= 4 is 11.9 Å². The Hall–Kier alpha value is -2.82. The number of ether oxygens (including phenoxy) is 4. The lowest BCUT2D eigenvalue weighted by Crippen LogP contribution is -2.64. The van der Waals surface area contributed by atoms with E-state index in [9.17, 15) is 26.3 Å². The van der Waals surface area contributed by atoms with Crippen LogP contribution in [-0.4, -0.2) is 109 Å². The van der Waals surface area contributed by atoms with Gasteiger partial charge in [0.15, 0.2) is 11.5 Å². The summed E-state index contributed by atoms with van der Waals surface area (Å²) in [6, 6.07) is 6.26. The molecule has 1 spiro atoms. The molecule has 4 aliphatic rings. The molecule has 5 rings (SSSR count). The molecule has 3 fully saturated rings. The first-order chi connectivity index (χ1) is 18.7. The second kappa shape index (κ2) is 13.2. The van der Waals surface area contributed by atoms with Crippen LogP contribution >= 0.6 is 0 Å². The van der Waals surface area contributed by atoms with Gasteiger partial charge in [0.05, 0.1) is 25.4 Å². The van der Waals surface area contributed by atoms with Crippen LogP contribution in [0, 0.1) is 5.92 Å². The summed E-state index contributed by atoms with van der Waals surface area (Å²) >= 11 is 0. The Bertz CT molecular complexity index is 976. The Balaban J connectivity index is 0.000000263. The lowest BCUT2D eigenvalue weighted by Gasteiger charge is -2.53. The van der Waals surface area contributed by atoms with Gasteiger partial charge in [-0.1, -0.05) is 6.07 Å². The van der Waals surface area contributed by atoms with Gasteiger partial charge in [-0.15, -0.1) is 0 Å². The number of rotatable bonds is 4. The number of fused-ring (bicyclic) bond motifs is 1. The fourth-order valence-corrected chi connectivity index (χ4v) is 4.64. The quantitative estimate of drug-likeness (QED) is 0.509. The number of halogens is 6. The summed E-state index contributed by atoms with van der Waals surface area (Å²) in [6.45, 7) is 9.38. The van der Waals surface area contributed by atoms with Gasteiger partial charge in [-0.3, -0.25) is 9.80 Å². The molecule has 1 aromatic rings. The molecule has 0 radical (unpaired) electrons. The standard InChI is InChI=1S/C20H28N2O4.2C2HF3O2/c1-2-18-19(25-15-24-18)9-16(1)10-22-13-20(14-22)4-3-17(12-26-20)11-21-5-7-23-8-6-21;2*3-2(4,5)1(6)7/h1-2,9,17H,3-8,10-15H2;2*(H,6,7). The number of carboxylic acid groups (broad SMARTS) is 2. The lowest BCUT2D eigenvalue weighted by molar-refractivity contribution is -0.193. The molecule has 1 aromatic carbocycles. The average Bonchev–Trinajstić information content (AvgIpc) is 3.33. The van der Waals surface area contributed by atoms with Crippen molar-refractivity contribution in [3.63, 3.8) is 0 Å². The summed E-state index contributed by atoms with van der Waals surface area (Å²) in [7, 11) is 0. The maximum absolute atomic E-state index is 10.6. The Kier molecular flexibility index (Phi) is 10.5. The number of aliphatic carboxylic acids is 2. The van der Waals surface area contributed by atoms with Gasteiger partial charge < -0.3 is 29.2 Å². The third kappa shape index (κ3) is 9.38. The van der Waals surface area contributed by atoms with Crippen LogP contribution in [0.5, 0.6) is 11.5 Å². The van der Waals surface area contributed by atoms with E-state index in [2.05, 4.69) is 21.9 Å². The summed E-state index contributed by atoms with van der Waals surface area (Å²) in [5, 5.41) is 14.2. The first-order valence-corrected chi connectivity index (χ1v) is 12.3. The van der Waals surface area contributed by atoms with Crippen molar-refractivity contribution in [3.8, 4) is 11.5 Å². The second-order valence-electron chi connectivity index (χ2n) is 9.75. The molecule has 1 unspecified atom stereocenters. The summed E-state index contributed by atoms with van der Waals surface area (Å²) in [5.41, 5.74) is 1.39. The van der Waals surface area contributed by atoms with Gasteiger partial charge in [0.1, 0.15) is 0 Å².